The van der Waals surface area contributed by atoms with E-state index in [1.807, 2.05) is 13.8 Å². The summed E-state index contributed by atoms with van der Waals surface area (Å²) < 4.78 is 5.76. The highest BCUT2D eigenvalue weighted by Crippen LogP contribution is 2.74. The van der Waals surface area contributed by atoms with Crippen LogP contribution in [0.1, 0.15) is 145 Å². The quantitative estimate of drug-likeness (QED) is 0.184. The Kier molecular flexibility index (Phi) is 9.64. The normalized spacial score (nSPS) is 37.5. The number of unbranched alkanes of at least 4 members (excludes halogenated alkanes) is 8. The van der Waals surface area contributed by atoms with E-state index in [4.69, 9.17) is 4.74 Å². The molecule has 0 aliphatic heterocycles. The average molecular weight is 619 g/mol. The van der Waals surface area contributed by atoms with Gasteiger partial charge in [-0.2, -0.15) is 0 Å². The van der Waals surface area contributed by atoms with Gasteiger partial charge in [0.15, 0.2) is 11.5 Å². The highest BCUT2D eigenvalue weighted by atomic mass is 16.5. The second kappa shape index (κ2) is 12.7. The number of Topliss-reactive ketones (excluding diaryl/α,β-unsaturated/α-hetero) is 1. The Balaban J connectivity index is 1.32. The minimum atomic E-state index is -0.902. The van der Waals surface area contributed by atoms with Crippen LogP contribution in [0, 0.1) is 33.5 Å². The fraction of sp³-hybridized carbons (Fsp3) is 0.725. The van der Waals surface area contributed by atoms with Crippen LogP contribution in [0.2, 0.25) is 0 Å². The van der Waals surface area contributed by atoms with Gasteiger partial charge in [-0.25, -0.2) is 0 Å². The molecule has 3 fully saturated rings. The van der Waals surface area contributed by atoms with Crippen molar-refractivity contribution in [1.82, 2.24) is 0 Å². The Labute approximate surface area is 272 Å². The number of carbonyl (C=O) groups excluding carboxylic acids is 3. The van der Waals surface area contributed by atoms with Crippen LogP contribution in [0.4, 0.5) is 0 Å². The highest BCUT2D eigenvalue weighted by Gasteiger charge is 2.68. The second-order valence-electron chi connectivity index (χ2n) is 16.2. The maximum atomic E-state index is 13.6. The Morgan fingerprint density at radius 2 is 1.56 bits per heavy atom. The smallest absolute Gasteiger partial charge is 0.311 e. The molecule has 0 spiro atoms. The van der Waals surface area contributed by atoms with Gasteiger partial charge in [-0.15, -0.1) is 0 Å². The summed E-state index contributed by atoms with van der Waals surface area (Å²) in [6.45, 7) is 15.4. The van der Waals surface area contributed by atoms with Gasteiger partial charge in [0, 0.05) is 28.7 Å². The fourth-order valence-electron chi connectivity index (χ4n) is 10.3. The summed E-state index contributed by atoms with van der Waals surface area (Å²) in [7, 11) is 0. The molecule has 1 N–H and O–H groups in total. The molecule has 0 bridgehead atoms. The standard InChI is InChI=1S/C40H58O5/c1-8-9-10-11-12-13-14-15-16-17-33(42)45-35-27(3)28-18-19-31-37(4,29(28)25-30(35)41)20-22-40(7)32-24-26(2)34(43)36(44)38(32,5)21-23-39(31,40)6/h18-19,25-26,32,36,44H,8-17,20-24H2,1-7H3. The van der Waals surface area contributed by atoms with Crippen molar-refractivity contribution in [1.29, 1.82) is 0 Å². The summed E-state index contributed by atoms with van der Waals surface area (Å²) in [6, 6.07) is 0. The van der Waals surface area contributed by atoms with Crippen LogP contribution in [0.25, 0.3) is 0 Å². The molecular weight excluding hydrogens is 560 g/mol. The van der Waals surface area contributed by atoms with Crippen LogP contribution in [-0.4, -0.2) is 28.7 Å². The zero-order chi connectivity index (χ0) is 32.8. The topological polar surface area (TPSA) is 80.7 Å². The molecule has 0 radical (unpaired) electrons. The zero-order valence-electron chi connectivity index (χ0n) is 29.2. The number of aliphatic hydroxyl groups excluding tert-OH is 1. The lowest BCUT2D eigenvalue weighted by molar-refractivity contribution is -0.192. The lowest BCUT2D eigenvalue weighted by Gasteiger charge is -2.69. The number of allylic oxidation sites excluding steroid dienone is 7. The first-order chi connectivity index (χ1) is 21.2. The second-order valence-corrected chi connectivity index (χ2v) is 16.2. The van der Waals surface area contributed by atoms with E-state index in [1.54, 1.807) is 6.08 Å². The fourth-order valence-corrected chi connectivity index (χ4v) is 10.3. The van der Waals surface area contributed by atoms with Crippen molar-refractivity contribution in [2.45, 2.75) is 151 Å². The van der Waals surface area contributed by atoms with Gasteiger partial charge >= 0.3 is 5.97 Å². The first-order valence-electron chi connectivity index (χ1n) is 18.1. The van der Waals surface area contributed by atoms with Crippen LogP contribution in [0.3, 0.4) is 0 Å². The van der Waals surface area contributed by atoms with Crippen LogP contribution in [0.5, 0.6) is 0 Å². The van der Waals surface area contributed by atoms with Crippen molar-refractivity contribution in [3.8, 4) is 0 Å². The summed E-state index contributed by atoms with van der Waals surface area (Å²) in [4.78, 5) is 39.3. The molecule has 0 aromatic carbocycles. The summed E-state index contributed by atoms with van der Waals surface area (Å²) in [5, 5.41) is 11.2. The van der Waals surface area contributed by atoms with E-state index in [2.05, 4.69) is 46.8 Å². The van der Waals surface area contributed by atoms with Crippen molar-refractivity contribution in [3.63, 3.8) is 0 Å². The third kappa shape index (κ3) is 5.57. The van der Waals surface area contributed by atoms with Gasteiger partial charge in [0.1, 0.15) is 6.10 Å². The first-order valence-corrected chi connectivity index (χ1v) is 18.1. The number of hydrogen-bond donors (Lipinski definition) is 1. The van der Waals surface area contributed by atoms with E-state index in [0.717, 1.165) is 68.1 Å². The summed E-state index contributed by atoms with van der Waals surface area (Å²) in [5.41, 5.74) is 3.26. The number of carbonyl (C=O) groups is 3. The number of hydrogen-bond acceptors (Lipinski definition) is 5. The minimum absolute atomic E-state index is 0.00358. The third-order valence-corrected chi connectivity index (χ3v) is 13.5. The van der Waals surface area contributed by atoms with Gasteiger partial charge in [0.05, 0.1) is 0 Å². The van der Waals surface area contributed by atoms with Crippen molar-refractivity contribution >= 4 is 17.5 Å². The molecule has 5 aliphatic rings. The van der Waals surface area contributed by atoms with E-state index in [9.17, 15) is 19.5 Å². The minimum Gasteiger partial charge on any atom is -0.422 e. The SMILES string of the molecule is CCCCCCCCCCCC(=O)OC1=C(C)C2=CC=C3C(C)(CCC4(C)C5CC(C)C(=O)C(O)C5(C)CCC34C)C2=CC1=O. The Hall–Kier alpha value is -2.27. The van der Waals surface area contributed by atoms with E-state index in [-0.39, 0.29) is 51.4 Å². The molecule has 3 saturated carbocycles. The largest absolute Gasteiger partial charge is 0.422 e. The molecule has 0 amide bonds. The van der Waals surface area contributed by atoms with Crippen LogP contribution >= 0.6 is 0 Å². The predicted octanol–water partition coefficient (Wildman–Crippen LogP) is 9.30. The molecule has 0 heterocycles. The lowest BCUT2D eigenvalue weighted by Crippen LogP contribution is -2.65. The van der Waals surface area contributed by atoms with Crippen molar-refractivity contribution in [2.75, 3.05) is 0 Å². The van der Waals surface area contributed by atoms with E-state index in [1.165, 1.54) is 44.1 Å². The van der Waals surface area contributed by atoms with Crippen LogP contribution < -0.4 is 0 Å². The Bertz CT molecular complexity index is 1350. The molecule has 7 atom stereocenters. The van der Waals surface area contributed by atoms with Gasteiger partial charge in [-0.3, -0.25) is 14.4 Å². The molecule has 45 heavy (non-hydrogen) atoms. The van der Waals surface area contributed by atoms with Crippen LogP contribution in [-0.2, 0) is 19.1 Å². The van der Waals surface area contributed by atoms with Crippen molar-refractivity contribution in [2.24, 2.45) is 33.5 Å². The lowest BCUT2D eigenvalue weighted by atomic mass is 9.35. The maximum Gasteiger partial charge on any atom is 0.311 e. The van der Waals surface area contributed by atoms with Gasteiger partial charge in [-0.05, 0) is 79.4 Å². The van der Waals surface area contributed by atoms with Crippen LogP contribution in [0.15, 0.2) is 46.3 Å². The number of rotatable bonds is 11. The van der Waals surface area contributed by atoms with Crippen molar-refractivity contribution < 1.29 is 24.2 Å². The van der Waals surface area contributed by atoms with Gasteiger partial charge in [-0.1, -0.05) is 111 Å². The molecule has 0 aromatic heterocycles. The monoisotopic (exact) mass is 618 g/mol. The molecule has 7 unspecified atom stereocenters. The molecule has 0 aromatic rings. The summed E-state index contributed by atoms with van der Waals surface area (Å²) >= 11 is 0. The van der Waals surface area contributed by atoms with E-state index in [0.29, 0.717) is 6.42 Å². The third-order valence-electron chi connectivity index (χ3n) is 13.5. The number of ketones is 2. The molecular formula is C40H58O5. The first kappa shape index (κ1) is 34.1. The van der Waals surface area contributed by atoms with Gasteiger partial charge < -0.3 is 9.84 Å². The van der Waals surface area contributed by atoms with E-state index < -0.39 is 11.5 Å². The number of fused-ring (bicyclic) bond motifs is 7. The molecule has 5 aliphatic carbocycles. The Morgan fingerprint density at radius 3 is 2.22 bits per heavy atom. The summed E-state index contributed by atoms with van der Waals surface area (Å²) in [5.74, 6) is -0.233. The highest BCUT2D eigenvalue weighted by molar-refractivity contribution is 6.08. The predicted molar refractivity (Wildman–Crippen MR) is 179 cm³/mol. The number of ether oxygens (including phenoxy) is 1. The van der Waals surface area contributed by atoms with Gasteiger partial charge in [0.25, 0.3) is 0 Å². The van der Waals surface area contributed by atoms with Gasteiger partial charge in [0.2, 0.25) is 5.78 Å². The summed E-state index contributed by atoms with van der Waals surface area (Å²) in [6.07, 6.45) is 20.7. The number of esters is 1. The maximum absolute atomic E-state index is 13.6. The molecule has 5 heteroatoms. The zero-order valence-corrected chi connectivity index (χ0v) is 29.2. The molecule has 5 rings (SSSR count). The number of aliphatic hydroxyl groups is 1. The van der Waals surface area contributed by atoms with E-state index >= 15 is 0 Å². The average Bonchev–Trinajstić information content (AvgIpc) is 3.00. The Morgan fingerprint density at radius 1 is 0.911 bits per heavy atom. The van der Waals surface area contributed by atoms with Crippen molar-refractivity contribution in [3.05, 3.63) is 46.3 Å². The molecule has 248 valence electrons. The molecule has 5 nitrogen and oxygen atoms in total. The molecule has 0 saturated heterocycles.